The van der Waals surface area contributed by atoms with Gasteiger partial charge < -0.3 is 0 Å². The summed E-state index contributed by atoms with van der Waals surface area (Å²) in [4.78, 5) is 0. The second kappa shape index (κ2) is 6.55. The first-order valence-electron chi connectivity index (χ1n) is 8.33. The van der Waals surface area contributed by atoms with Gasteiger partial charge in [-0.15, -0.1) is 0 Å². The highest BCUT2D eigenvalue weighted by Gasteiger charge is 2.08. The molecule has 0 amide bonds. The van der Waals surface area contributed by atoms with Crippen molar-refractivity contribution in [3.63, 3.8) is 0 Å². The average molecular weight is 330 g/mol. The Morgan fingerprint density at radius 2 is 1.31 bits per heavy atom. The van der Waals surface area contributed by atoms with Crippen LogP contribution in [0.1, 0.15) is 16.7 Å². The van der Waals surface area contributed by atoms with E-state index in [2.05, 4.69) is 42.5 Å². The molecule has 0 saturated carbocycles. The van der Waals surface area contributed by atoms with Crippen LogP contribution in [0.3, 0.4) is 0 Å². The molecule has 0 saturated heterocycles. The van der Waals surface area contributed by atoms with Gasteiger partial charge in [0, 0.05) is 0 Å². The molecule has 4 aromatic carbocycles. The van der Waals surface area contributed by atoms with E-state index in [-0.39, 0.29) is 0 Å². The monoisotopic (exact) mass is 330 g/mol. The summed E-state index contributed by atoms with van der Waals surface area (Å²) < 4.78 is 0. The number of nitriles is 2. The van der Waals surface area contributed by atoms with E-state index in [0.717, 1.165) is 32.7 Å². The maximum Gasteiger partial charge on any atom is 0.0998 e. The van der Waals surface area contributed by atoms with Gasteiger partial charge >= 0.3 is 0 Å². The molecule has 0 N–H and O–H groups in total. The van der Waals surface area contributed by atoms with E-state index in [1.165, 1.54) is 0 Å². The van der Waals surface area contributed by atoms with E-state index in [9.17, 15) is 5.26 Å². The Bertz CT molecular complexity index is 1180. The van der Waals surface area contributed by atoms with Gasteiger partial charge in [-0.1, -0.05) is 60.7 Å². The van der Waals surface area contributed by atoms with Crippen LogP contribution in [0.15, 0.2) is 78.9 Å². The molecule has 4 aromatic rings. The Hall–Kier alpha value is -3.88. The average Bonchev–Trinajstić information content (AvgIpc) is 2.71. The predicted molar refractivity (Wildman–Crippen MR) is 106 cm³/mol. The summed E-state index contributed by atoms with van der Waals surface area (Å²) in [6, 6.07) is 30.1. The third-order valence-electron chi connectivity index (χ3n) is 4.55. The maximum absolute atomic E-state index is 9.73. The first kappa shape index (κ1) is 15.6. The van der Waals surface area contributed by atoms with E-state index >= 15 is 0 Å². The molecule has 0 radical (unpaired) electrons. The molecule has 0 aliphatic heterocycles. The van der Waals surface area contributed by atoms with Crippen molar-refractivity contribution in [3.05, 3.63) is 95.6 Å². The number of hydrogen-bond donors (Lipinski definition) is 0. The van der Waals surface area contributed by atoms with Crippen molar-refractivity contribution in [1.82, 2.24) is 0 Å². The lowest BCUT2D eigenvalue weighted by molar-refractivity contribution is 1.47. The molecule has 26 heavy (non-hydrogen) atoms. The molecule has 0 aromatic heterocycles. The van der Waals surface area contributed by atoms with E-state index < -0.39 is 0 Å². The number of rotatable bonds is 2. The molecule has 0 unspecified atom stereocenters. The summed E-state index contributed by atoms with van der Waals surface area (Å²) in [5.41, 5.74) is 3.01. The van der Waals surface area contributed by atoms with Gasteiger partial charge in [0.1, 0.15) is 0 Å². The van der Waals surface area contributed by atoms with Gasteiger partial charge in [0.2, 0.25) is 0 Å². The smallest absolute Gasteiger partial charge is 0.0998 e. The van der Waals surface area contributed by atoms with Crippen molar-refractivity contribution in [2.45, 2.75) is 0 Å². The molecule has 0 aliphatic carbocycles. The maximum atomic E-state index is 9.73. The lowest BCUT2D eigenvalue weighted by Crippen LogP contribution is -1.87. The number of benzene rings is 4. The van der Waals surface area contributed by atoms with Gasteiger partial charge in [0.05, 0.1) is 23.3 Å². The molecular weight excluding hydrogens is 316 g/mol. The molecule has 120 valence electrons. The third-order valence-corrected chi connectivity index (χ3v) is 4.55. The molecule has 0 fully saturated rings. The molecule has 0 heterocycles. The molecule has 0 aliphatic rings. The predicted octanol–water partition coefficient (Wildman–Crippen LogP) is 5.93. The molecule has 4 rings (SSSR count). The molecule has 0 atom stereocenters. The largest absolute Gasteiger partial charge is 0.192 e. The molecule has 2 nitrogen and oxygen atoms in total. The van der Waals surface area contributed by atoms with Gasteiger partial charge in [-0.3, -0.25) is 0 Å². The quantitative estimate of drug-likeness (QED) is 0.260. The normalized spacial score (nSPS) is 11.2. The summed E-state index contributed by atoms with van der Waals surface area (Å²) in [6.07, 6.45) is 1.95. The summed E-state index contributed by atoms with van der Waals surface area (Å²) in [6.45, 7) is 0. The minimum atomic E-state index is 0.580. The Morgan fingerprint density at radius 3 is 1.85 bits per heavy atom. The lowest BCUT2D eigenvalue weighted by Gasteiger charge is -2.09. The Balaban J connectivity index is 2.00. The van der Waals surface area contributed by atoms with Crippen LogP contribution in [0.5, 0.6) is 0 Å². The zero-order valence-corrected chi connectivity index (χ0v) is 14.0. The number of fused-ring (bicyclic) bond motifs is 2. The van der Waals surface area contributed by atoms with Crippen molar-refractivity contribution in [1.29, 1.82) is 10.5 Å². The molecule has 0 bridgehead atoms. The second-order valence-electron chi connectivity index (χ2n) is 6.09. The topological polar surface area (TPSA) is 47.6 Å². The Kier molecular flexibility index (Phi) is 3.94. The fourth-order valence-electron chi connectivity index (χ4n) is 3.25. The minimum absolute atomic E-state index is 0.580. The first-order valence-corrected chi connectivity index (χ1v) is 8.33. The van der Waals surface area contributed by atoms with Crippen LogP contribution in [0, 0.1) is 22.7 Å². The Labute approximate surface area is 151 Å². The lowest BCUT2D eigenvalue weighted by atomic mass is 9.94. The van der Waals surface area contributed by atoms with Gasteiger partial charge in [0.25, 0.3) is 0 Å². The van der Waals surface area contributed by atoms with Crippen molar-refractivity contribution in [3.8, 4) is 12.1 Å². The standard InChI is InChI=1S/C24H14N2/c25-15-17-9-11-18(12-10-17)21(16-26)14-24-22-7-3-1-5-19(22)13-20-6-2-4-8-23(20)24/h1-14H/b21-14-. The van der Waals surface area contributed by atoms with Crippen LogP contribution >= 0.6 is 0 Å². The molecular formula is C24H14N2. The van der Waals surface area contributed by atoms with Crippen molar-refractivity contribution >= 4 is 33.2 Å². The second-order valence-corrected chi connectivity index (χ2v) is 6.09. The highest BCUT2D eigenvalue weighted by molar-refractivity contribution is 6.10. The van der Waals surface area contributed by atoms with Crippen molar-refractivity contribution in [2.75, 3.05) is 0 Å². The van der Waals surface area contributed by atoms with Gasteiger partial charge in [-0.2, -0.15) is 10.5 Å². The zero-order valence-electron chi connectivity index (χ0n) is 14.0. The molecule has 0 spiro atoms. The SMILES string of the molecule is N#C/C(=C/c1c2ccccc2cc2ccccc12)c1ccc(C#N)cc1. The molecule has 2 heteroatoms. The highest BCUT2D eigenvalue weighted by atomic mass is 14.3. The summed E-state index contributed by atoms with van der Waals surface area (Å²) in [7, 11) is 0. The Morgan fingerprint density at radius 1 is 0.731 bits per heavy atom. The van der Waals surface area contributed by atoms with E-state index in [1.807, 2.05) is 42.5 Å². The fraction of sp³-hybridized carbons (Fsp3) is 0. The van der Waals surface area contributed by atoms with Crippen LogP contribution in [-0.4, -0.2) is 0 Å². The van der Waals surface area contributed by atoms with Crippen molar-refractivity contribution in [2.24, 2.45) is 0 Å². The zero-order chi connectivity index (χ0) is 17.9. The van der Waals surface area contributed by atoms with Crippen LogP contribution in [0.25, 0.3) is 33.2 Å². The summed E-state index contributed by atoms with van der Waals surface area (Å²) in [5, 5.41) is 23.2. The van der Waals surface area contributed by atoms with Crippen molar-refractivity contribution < 1.29 is 0 Å². The summed E-state index contributed by atoms with van der Waals surface area (Å²) in [5.74, 6) is 0. The van der Waals surface area contributed by atoms with E-state index in [4.69, 9.17) is 5.26 Å². The van der Waals surface area contributed by atoms with Crippen LogP contribution < -0.4 is 0 Å². The van der Waals surface area contributed by atoms with E-state index in [1.54, 1.807) is 12.1 Å². The third kappa shape index (κ3) is 2.71. The minimum Gasteiger partial charge on any atom is -0.192 e. The van der Waals surface area contributed by atoms with Crippen LogP contribution in [-0.2, 0) is 0 Å². The van der Waals surface area contributed by atoms with Crippen LogP contribution in [0.2, 0.25) is 0 Å². The van der Waals surface area contributed by atoms with Gasteiger partial charge in [-0.25, -0.2) is 0 Å². The number of allylic oxidation sites excluding steroid dienone is 1. The van der Waals surface area contributed by atoms with Crippen LogP contribution in [0.4, 0.5) is 0 Å². The number of hydrogen-bond acceptors (Lipinski definition) is 2. The number of nitrogens with zero attached hydrogens (tertiary/aromatic N) is 2. The highest BCUT2D eigenvalue weighted by Crippen LogP contribution is 2.31. The van der Waals surface area contributed by atoms with Gasteiger partial charge in [0.15, 0.2) is 0 Å². The van der Waals surface area contributed by atoms with Gasteiger partial charge in [-0.05, 0) is 56.9 Å². The first-order chi connectivity index (χ1) is 12.8. The summed E-state index contributed by atoms with van der Waals surface area (Å²) >= 11 is 0. The fourth-order valence-corrected chi connectivity index (χ4v) is 3.25. The van der Waals surface area contributed by atoms with E-state index in [0.29, 0.717) is 11.1 Å².